The summed E-state index contributed by atoms with van der Waals surface area (Å²) >= 11 is 1.69. The molecule has 4 rings (SSSR count). The Kier molecular flexibility index (Phi) is 3.37. The van der Waals surface area contributed by atoms with E-state index in [1.807, 2.05) is 18.2 Å². The average Bonchev–Trinajstić information content (AvgIpc) is 3.22. The second kappa shape index (κ2) is 5.30. The van der Waals surface area contributed by atoms with E-state index < -0.39 is 11.4 Å². The van der Waals surface area contributed by atoms with Crippen molar-refractivity contribution in [3.8, 4) is 0 Å². The van der Waals surface area contributed by atoms with E-state index in [0.717, 1.165) is 16.6 Å². The van der Waals surface area contributed by atoms with Crippen LogP contribution in [0.3, 0.4) is 0 Å². The largest absolute Gasteiger partial charge is 0.481 e. The zero-order valence-corrected chi connectivity index (χ0v) is 13.5. The van der Waals surface area contributed by atoms with Crippen LogP contribution in [0.25, 0.3) is 10.2 Å². The Labute approximate surface area is 137 Å². The molecule has 0 saturated heterocycles. The molecule has 0 atom stereocenters. The summed E-state index contributed by atoms with van der Waals surface area (Å²) in [6, 6.07) is 5.69. The number of anilines is 1. The molecule has 2 aliphatic rings. The van der Waals surface area contributed by atoms with Gasteiger partial charge in [0.2, 0.25) is 5.91 Å². The summed E-state index contributed by atoms with van der Waals surface area (Å²) in [6.07, 6.45) is 4.57. The van der Waals surface area contributed by atoms with Crippen molar-refractivity contribution in [2.75, 3.05) is 5.32 Å². The van der Waals surface area contributed by atoms with Crippen LogP contribution in [-0.2, 0) is 9.59 Å². The fourth-order valence-electron chi connectivity index (χ4n) is 3.11. The number of aromatic nitrogens is 1. The third-order valence-corrected chi connectivity index (χ3v) is 6.06. The van der Waals surface area contributed by atoms with E-state index in [4.69, 9.17) is 0 Å². The second-order valence-electron chi connectivity index (χ2n) is 6.67. The second-order valence-corrected chi connectivity index (χ2v) is 7.74. The highest BCUT2D eigenvalue weighted by atomic mass is 32.1. The Morgan fingerprint density at radius 2 is 2.13 bits per heavy atom. The van der Waals surface area contributed by atoms with Gasteiger partial charge < -0.3 is 10.4 Å². The van der Waals surface area contributed by atoms with E-state index in [9.17, 15) is 14.7 Å². The molecule has 2 fully saturated rings. The molecule has 6 heteroatoms. The zero-order valence-electron chi connectivity index (χ0n) is 12.7. The Bertz CT molecular complexity index is 790. The number of carboxylic acids is 1. The average molecular weight is 330 g/mol. The number of benzene rings is 1. The standard InChI is InChI=1S/C17H18N2O3S/c20-14(9-17(16(21)22)6-1-7-17)18-11-4-5-12-13(8-11)23-15(19-12)10-2-3-10/h4-5,8,10H,1-3,6-7,9H2,(H,18,20)(H,21,22). The van der Waals surface area contributed by atoms with E-state index in [-0.39, 0.29) is 12.3 Å². The van der Waals surface area contributed by atoms with Crippen molar-refractivity contribution in [3.05, 3.63) is 23.2 Å². The van der Waals surface area contributed by atoms with Crippen LogP contribution in [0.5, 0.6) is 0 Å². The van der Waals surface area contributed by atoms with Gasteiger partial charge in [-0.1, -0.05) is 6.42 Å². The molecule has 0 bridgehead atoms. The van der Waals surface area contributed by atoms with Gasteiger partial charge in [0, 0.05) is 18.0 Å². The molecule has 0 spiro atoms. The quantitative estimate of drug-likeness (QED) is 0.875. The van der Waals surface area contributed by atoms with Gasteiger partial charge in [0.1, 0.15) is 0 Å². The summed E-state index contributed by atoms with van der Waals surface area (Å²) in [7, 11) is 0. The van der Waals surface area contributed by atoms with Crippen LogP contribution in [0.15, 0.2) is 18.2 Å². The van der Waals surface area contributed by atoms with Crippen LogP contribution in [0.2, 0.25) is 0 Å². The lowest BCUT2D eigenvalue weighted by Crippen LogP contribution is -2.41. The van der Waals surface area contributed by atoms with Crippen molar-refractivity contribution in [1.82, 2.24) is 4.98 Å². The van der Waals surface area contributed by atoms with Gasteiger partial charge in [-0.05, 0) is 43.9 Å². The van der Waals surface area contributed by atoms with E-state index in [2.05, 4.69) is 10.3 Å². The lowest BCUT2D eigenvalue weighted by molar-refractivity contribution is -0.157. The topological polar surface area (TPSA) is 79.3 Å². The summed E-state index contributed by atoms with van der Waals surface area (Å²) in [5.41, 5.74) is 0.835. The van der Waals surface area contributed by atoms with E-state index >= 15 is 0 Å². The number of carbonyl (C=O) groups is 2. The van der Waals surface area contributed by atoms with Gasteiger partial charge in [-0.2, -0.15) is 0 Å². The summed E-state index contributed by atoms with van der Waals surface area (Å²) in [5.74, 6) is -0.455. The van der Waals surface area contributed by atoms with Crippen LogP contribution in [-0.4, -0.2) is 22.0 Å². The van der Waals surface area contributed by atoms with Gasteiger partial charge in [0.25, 0.3) is 0 Å². The number of nitrogens with zero attached hydrogens (tertiary/aromatic N) is 1. The lowest BCUT2D eigenvalue weighted by Gasteiger charge is -2.36. The van der Waals surface area contributed by atoms with Crippen molar-refractivity contribution < 1.29 is 14.7 Å². The zero-order chi connectivity index (χ0) is 16.0. The molecule has 2 N–H and O–H groups in total. The first-order chi connectivity index (χ1) is 11.1. The maximum Gasteiger partial charge on any atom is 0.310 e. The summed E-state index contributed by atoms with van der Waals surface area (Å²) < 4.78 is 1.07. The minimum Gasteiger partial charge on any atom is -0.481 e. The molecule has 0 unspecified atom stereocenters. The van der Waals surface area contributed by atoms with Crippen LogP contribution >= 0.6 is 11.3 Å². The summed E-state index contributed by atoms with van der Waals surface area (Å²) in [4.78, 5) is 28.2. The molecule has 0 radical (unpaired) electrons. The predicted octanol–water partition coefficient (Wildman–Crippen LogP) is 3.76. The third kappa shape index (κ3) is 2.72. The molecule has 2 aliphatic carbocycles. The fourth-order valence-corrected chi connectivity index (χ4v) is 4.28. The number of thiazole rings is 1. The predicted molar refractivity (Wildman–Crippen MR) is 88.8 cm³/mol. The first kappa shape index (κ1) is 14.6. The molecular formula is C17H18N2O3S. The normalized spacial score (nSPS) is 19.3. The maximum atomic E-state index is 12.2. The number of hydrogen-bond acceptors (Lipinski definition) is 4. The molecule has 1 heterocycles. The minimum absolute atomic E-state index is 0.0520. The molecule has 2 saturated carbocycles. The Hall–Kier alpha value is -1.95. The highest BCUT2D eigenvalue weighted by Crippen LogP contribution is 2.45. The lowest BCUT2D eigenvalue weighted by atomic mass is 9.66. The monoisotopic (exact) mass is 330 g/mol. The number of hydrogen-bond donors (Lipinski definition) is 2. The minimum atomic E-state index is -0.856. The Morgan fingerprint density at radius 1 is 1.35 bits per heavy atom. The SMILES string of the molecule is O=C(CC1(C(=O)O)CCC1)Nc1ccc2nc(C3CC3)sc2c1. The Balaban J connectivity index is 1.48. The van der Waals surface area contributed by atoms with Crippen molar-refractivity contribution in [2.24, 2.45) is 5.41 Å². The molecule has 2 aromatic rings. The highest BCUT2D eigenvalue weighted by Gasteiger charge is 2.45. The number of rotatable bonds is 5. The van der Waals surface area contributed by atoms with Gasteiger partial charge in [-0.3, -0.25) is 9.59 Å². The number of aliphatic carboxylic acids is 1. The molecular weight excluding hydrogens is 312 g/mol. The molecule has 1 aromatic carbocycles. The molecule has 23 heavy (non-hydrogen) atoms. The molecule has 5 nitrogen and oxygen atoms in total. The Morgan fingerprint density at radius 3 is 2.74 bits per heavy atom. The van der Waals surface area contributed by atoms with Gasteiger partial charge in [-0.25, -0.2) is 4.98 Å². The maximum absolute atomic E-state index is 12.2. The van der Waals surface area contributed by atoms with Crippen LogP contribution in [0.1, 0.15) is 49.5 Å². The van der Waals surface area contributed by atoms with E-state index in [1.165, 1.54) is 17.8 Å². The number of carboxylic acid groups (broad SMARTS) is 1. The fraction of sp³-hybridized carbons (Fsp3) is 0.471. The van der Waals surface area contributed by atoms with Gasteiger partial charge in [0.15, 0.2) is 0 Å². The van der Waals surface area contributed by atoms with Gasteiger partial charge in [0.05, 0.1) is 20.6 Å². The molecule has 120 valence electrons. The number of nitrogens with one attached hydrogen (secondary N) is 1. The van der Waals surface area contributed by atoms with E-state index in [1.54, 1.807) is 11.3 Å². The highest BCUT2D eigenvalue weighted by molar-refractivity contribution is 7.18. The molecule has 1 amide bonds. The van der Waals surface area contributed by atoms with Gasteiger partial charge >= 0.3 is 5.97 Å². The smallest absolute Gasteiger partial charge is 0.310 e. The first-order valence-electron chi connectivity index (χ1n) is 7.99. The molecule has 1 aromatic heterocycles. The van der Waals surface area contributed by atoms with Crippen LogP contribution in [0.4, 0.5) is 5.69 Å². The van der Waals surface area contributed by atoms with Crippen LogP contribution in [0, 0.1) is 5.41 Å². The number of amides is 1. The van der Waals surface area contributed by atoms with Crippen molar-refractivity contribution >= 4 is 39.1 Å². The third-order valence-electron chi connectivity index (χ3n) is 4.88. The van der Waals surface area contributed by atoms with Crippen molar-refractivity contribution in [3.63, 3.8) is 0 Å². The van der Waals surface area contributed by atoms with Crippen molar-refractivity contribution in [2.45, 2.75) is 44.4 Å². The summed E-state index contributed by atoms with van der Waals surface area (Å²) in [5, 5.41) is 13.3. The van der Waals surface area contributed by atoms with Crippen LogP contribution < -0.4 is 5.32 Å². The van der Waals surface area contributed by atoms with E-state index in [0.29, 0.717) is 24.4 Å². The van der Waals surface area contributed by atoms with Crippen molar-refractivity contribution in [1.29, 1.82) is 0 Å². The first-order valence-corrected chi connectivity index (χ1v) is 8.81. The van der Waals surface area contributed by atoms with Gasteiger partial charge in [-0.15, -0.1) is 11.3 Å². The number of carbonyl (C=O) groups excluding carboxylic acids is 1. The number of fused-ring (bicyclic) bond motifs is 1. The molecule has 0 aliphatic heterocycles. The summed E-state index contributed by atoms with van der Waals surface area (Å²) in [6.45, 7) is 0.